The van der Waals surface area contributed by atoms with Gasteiger partial charge in [-0.05, 0) is 32.3 Å². The zero-order valence-corrected chi connectivity index (χ0v) is 14.8. The van der Waals surface area contributed by atoms with E-state index in [1.807, 2.05) is 10.3 Å². The van der Waals surface area contributed by atoms with Crippen LogP contribution in [0.5, 0.6) is 0 Å². The minimum atomic E-state index is 0.254. The summed E-state index contributed by atoms with van der Waals surface area (Å²) in [6.45, 7) is 3.06. The first-order valence-corrected chi connectivity index (χ1v) is 9.86. The first kappa shape index (κ1) is 16.4. The lowest BCUT2D eigenvalue weighted by atomic mass is 10.0. The van der Waals surface area contributed by atoms with E-state index in [0.717, 1.165) is 35.8 Å². The number of aromatic nitrogens is 3. The van der Waals surface area contributed by atoms with Crippen molar-refractivity contribution in [2.45, 2.75) is 38.0 Å². The highest BCUT2D eigenvalue weighted by molar-refractivity contribution is 7.99. The largest absolute Gasteiger partial charge is 0.339 e. The summed E-state index contributed by atoms with van der Waals surface area (Å²) in [5.41, 5.74) is 0.988. The summed E-state index contributed by atoms with van der Waals surface area (Å²) in [6.07, 6.45) is 6.94. The summed E-state index contributed by atoms with van der Waals surface area (Å²) < 4.78 is 0. The molecule has 0 aromatic carbocycles. The first-order chi connectivity index (χ1) is 11.2. The molecule has 1 aliphatic heterocycles. The van der Waals surface area contributed by atoms with Crippen molar-refractivity contribution in [3.05, 3.63) is 29.5 Å². The molecule has 1 fully saturated rings. The van der Waals surface area contributed by atoms with Crippen molar-refractivity contribution >= 4 is 29.0 Å². The standard InChI is InChI=1S/C16H20N4OS2/c1-12-5-2-3-8-20(12)14(21)11-22-9-13-10-23-16(19-13)15-17-6-4-7-18-15/h4,6-7,10,12H,2-3,5,8-9,11H2,1H3/t12-/m1/s1. The molecule has 2 aromatic heterocycles. The maximum atomic E-state index is 12.3. The van der Waals surface area contributed by atoms with E-state index in [0.29, 0.717) is 17.6 Å². The van der Waals surface area contributed by atoms with Crippen LogP contribution in [-0.4, -0.2) is 44.1 Å². The number of amides is 1. The van der Waals surface area contributed by atoms with E-state index in [1.165, 1.54) is 6.42 Å². The smallest absolute Gasteiger partial charge is 0.232 e. The Balaban J connectivity index is 1.49. The minimum absolute atomic E-state index is 0.254. The van der Waals surface area contributed by atoms with Gasteiger partial charge in [-0.1, -0.05) is 0 Å². The molecule has 1 amide bonds. The second-order valence-corrected chi connectivity index (χ2v) is 7.48. The fourth-order valence-corrected chi connectivity index (χ4v) is 4.35. The summed E-state index contributed by atoms with van der Waals surface area (Å²) in [7, 11) is 0. The van der Waals surface area contributed by atoms with E-state index >= 15 is 0 Å². The highest BCUT2D eigenvalue weighted by Gasteiger charge is 2.22. The van der Waals surface area contributed by atoms with Gasteiger partial charge >= 0.3 is 0 Å². The average molecular weight is 348 g/mol. The van der Waals surface area contributed by atoms with Crippen LogP contribution in [0.25, 0.3) is 10.8 Å². The molecule has 1 aliphatic rings. The number of thioether (sulfide) groups is 1. The van der Waals surface area contributed by atoms with E-state index in [2.05, 4.69) is 21.9 Å². The topological polar surface area (TPSA) is 59.0 Å². The Morgan fingerprint density at radius 3 is 3.00 bits per heavy atom. The highest BCUT2D eigenvalue weighted by atomic mass is 32.2. The average Bonchev–Trinajstić information content (AvgIpc) is 3.05. The quantitative estimate of drug-likeness (QED) is 0.830. The third kappa shape index (κ3) is 4.29. The molecule has 7 heteroatoms. The maximum absolute atomic E-state index is 12.3. The van der Waals surface area contributed by atoms with Crippen LogP contribution in [0.4, 0.5) is 0 Å². The Morgan fingerprint density at radius 1 is 1.39 bits per heavy atom. The van der Waals surface area contributed by atoms with Gasteiger partial charge in [-0.15, -0.1) is 23.1 Å². The molecule has 0 aliphatic carbocycles. The van der Waals surface area contributed by atoms with E-state index in [9.17, 15) is 4.79 Å². The van der Waals surface area contributed by atoms with Gasteiger partial charge in [0.15, 0.2) is 10.8 Å². The fraction of sp³-hybridized carbons (Fsp3) is 0.500. The number of likely N-dealkylation sites (tertiary alicyclic amines) is 1. The molecule has 5 nitrogen and oxygen atoms in total. The molecule has 122 valence electrons. The monoisotopic (exact) mass is 348 g/mol. The second-order valence-electron chi connectivity index (χ2n) is 5.64. The van der Waals surface area contributed by atoms with Crippen LogP contribution in [0.2, 0.25) is 0 Å². The van der Waals surface area contributed by atoms with E-state index in [-0.39, 0.29) is 5.91 Å². The van der Waals surface area contributed by atoms with Crippen LogP contribution in [0.3, 0.4) is 0 Å². The van der Waals surface area contributed by atoms with Crippen LogP contribution in [0.1, 0.15) is 31.9 Å². The fourth-order valence-electron chi connectivity index (χ4n) is 2.68. The molecule has 0 N–H and O–H groups in total. The summed E-state index contributed by atoms with van der Waals surface area (Å²) in [5, 5.41) is 2.85. The summed E-state index contributed by atoms with van der Waals surface area (Å²) in [5.74, 6) is 2.19. The van der Waals surface area contributed by atoms with Crippen molar-refractivity contribution in [1.82, 2.24) is 19.9 Å². The molecule has 0 saturated carbocycles. The molecule has 0 radical (unpaired) electrons. The molecular formula is C16H20N4OS2. The van der Waals surface area contributed by atoms with Crippen molar-refractivity contribution in [3.63, 3.8) is 0 Å². The van der Waals surface area contributed by atoms with E-state index < -0.39 is 0 Å². The number of carbonyl (C=O) groups excluding carboxylic acids is 1. The number of rotatable bonds is 5. The molecule has 0 spiro atoms. The lowest BCUT2D eigenvalue weighted by Gasteiger charge is -2.33. The van der Waals surface area contributed by atoms with E-state index in [1.54, 1.807) is 41.6 Å². The first-order valence-electron chi connectivity index (χ1n) is 7.83. The van der Waals surface area contributed by atoms with Gasteiger partial charge in [0.05, 0.1) is 11.4 Å². The van der Waals surface area contributed by atoms with Gasteiger partial charge < -0.3 is 4.90 Å². The van der Waals surface area contributed by atoms with Crippen molar-refractivity contribution in [1.29, 1.82) is 0 Å². The summed E-state index contributed by atoms with van der Waals surface area (Å²) >= 11 is 3.18. The third-order valence-corrected chi connectivity index (χ3v) is 5.75. The zero-order chi connectivity index (χ0) is 16.1. The molecule has 0 bridgehead atoms. The Labute approximate surface area is 144 Å². The van der Waals surface area contributed by atoms with Crippen LogP contribution in [0.15, 0.2) is 23.8 Å². The number of carbonyl (C=O) groups is 1. The third-order valence-electron chi connectivity index (χ3n) is 3.91. The lowest BCUT2D eigenvalue weighted by molar-refractivity contribution is -0.131. The molecule has 3 heterocycles. The number of thiazole rings is 1. The van der Waals surface area contributed by atoms with Gasteiger partial charge in [-0.25, -0.2) is 15.0 Å². The lowest BCUT2D eigenvalue weighted by Crippen LogP contribution is -2.42. The van der Waals surface area contributed by atoms with E-state index in [4.69, 9.17) is 0 Å². The number of hydrogen-bond donors (Lipinski definition) is 0. The van der Waals surface area contributed by atoms with Crippen LogP contribution in [0, 0.1) is 0 Å². The van der Waals surface area contributed by atoms with Gasteiger partial charge in [0.25, 0.3) is 0 Å². The SMILES string of the molecule is C[C@@H]1CCCCN1C(=O)CSCc1csc(-c2ncccn2)n1. The van der Waals surface area contributed by atoms with Crippen molar-refractivity contribution < 1.29 is 4.79 Å². The van der Waals surface area contributed by atoms with Crippen molar-refractivity contribution in [3.8, 4) is 10.8 Å². The Bertz CT molecular complexity index is 647. The second kappa shape index (κ2) is 7.88. The Kier molecular flexibility index (Phi) is 5.61. The maximum Gasteiger partial charge on any atom is 0.232 e. The minimum Gasteiger partial charge on any atom is -0.339 e. The van der Waals surface area contributed by atoms with Crippen LogP contribution in [-0.2, 0) is 10.5 Å². The Morgan fingerprint density at radius 2 is 2.22 bits per heavy atom. The predicted octanol–water partition coefficient (Wildman–Crippen LogP) is 3.23. The molecule has 0 unspecified atom stereocenters. The molecule has 3 rings (SSSR count). The van der Waals surface area contributed by atoms with Gasteiger partial charge in [0.1, 0.15) is 0 Å². The number of hydrogen-bond acceptors (Lipinski definition) is 6. The predicted molar refractivity (Wildman–Crippen MR) is 94.3 cm³/mol. The van der Waals surface area contributed by atoms with Crippen LogP contribution >= 0.6 is 23.1 Å². The molecule has 1 saturated heterocycles. The summed E-state index contributed by atoms with van der Waals surface area (Å²) in [4.78, 5) is 27.3. The normalized spacial score (nSPS) is 18.1. The van der Waals surface area contributed by atoms with Crippen molar-refractivity contribution in [2.75, 3.05) is 12.3 Å². The van der Waals surface area contributed by atoms with Gasteiger partial charge in [0, 0.05) is 36.1 Å². The number of nitrogens with zero attached hydrogens (tertiary/aromatic N) is 4. The van der Waals surface area contributed by atoms with Crippen LogP contribution < -0.4 is 0 Å². The summed E-state index contributed by atoms with van der Waals surface area (Å²) in [6, 6.07) is 2.18. The van der Waals surface area contributed by atoms with Crippen molar-refractivity contribution in [2.24, 2.45) is 0 Å². The Hall–Kier alpha value is -1.47. The van der Waals surface area contributed by atoms with Gasteiger partial charge in [-0.3, -0.25) is 4.79 Å². The number of piperidine rings is 1. The zero-order valence-electron chi connectivity index (χ0n) is 13.1. The van der Waals surface area contributed by atoms with Gasteiger partial charge in [0.2, 0.25) is 5.91 Å². The highest BCUT2D eigenvalue weighted by Crippen LogP contribution is 2.23. The molecule has 1 atom stereocenters. The molecule has 2 aromatic rings. The molecule has 23 heavy (non-hydrogen) atoms. The van der Waals surface area contributed by atoms with Gasteiger partial charge in [-0.2, -0.15) is 0 Å². The molecular weight excluding hydrogens is 328 g/mol.